The largest absolute Gasteiger partial charge is 0.493 e. The van der Waals surface area contributed by atoms with Crippen molar-refractivity contribution in [3.8, 4) is 11.5 Å². The molecule has 2 aromatic carbocycles. The molecular weight excluding hydrogens is 310 g/mol. The van der Waals surface area contributed by atoms with Gasteiger partial charge in [-0.25, -0.2) is 0 Å². The number of hydrogen-bond donors (Lipinski definition) is 1. The van der Waals surface area contributed by atoms with Gasteiger partial charge in [-0.05, 0) is 18.6 Å². The predicted molar refractivity (Wildman–Crippen MR) is 97.7 cm³/mol. The summed E-state index contributed by atoms with van der Waals surface area (Å²) in [5.41, 5.74) is 3.52. The third kappa shape index (κ3) is 5.77. The summed E-state index contributed by atoms with van der Waals surface area (Å²) >= 11 is 0. The van der Waals surface area contributed by atoms with Gasteiger partial charge in [0.05, 0.1) is 7.11 Å². The molecule has 3 nitrogen and oxygen atoms in total. The van der Waals surface area contributed by atoms with E-state index in [-0.39, 0.29) is 12.4 Å². The van der Waals surface area contributed by atoms with Crippen LogP contribution in [-0.4, -0.2) is 13.2 Å². The average molecular weight is 336 g/mol. The molecule has 0 saturated heterocycles. The van der Waals surface area contributed by atoms with Crippen molar-refractivity contribution < 1.29 is 9.47 Å². The molecule has 0 saturated carbocycles. The van der Waals surface area contributed by atoms with Crippen molar-refractivity contribution in [3.05, 3.63) is 59.2 Å². The molecule has 0 aliphatic heterocycles. The molecule has 0 radical (unpaired) electrons. The van der Waals surface area contributed by atoms with Gasteiger partial charge < -0.3 is 14.8 Å². The molecule has 0 fully saturated rings. The molecule has 0 heterocycles. The first-order valence-corrected chi connectivity index (χ1v) is 7.67. The highest BCUT2D eigenvalue weighted by molar-refractivity contribution is 5.85. The molecule has 0 aliphatic rings. The van der Waals surface area contributed by atoms with E-state index in [0.717, 1.165) is 29.2 Å². The second-order valence-corrected chi connectivity index (χ2v) is 5.76. The highest BCUT2D eigenvalue weighted by Crippen LogP contribution is 2.31. The maximum atomic E-state index is 6.05. The maximum Gasteiger partial charge on any atom is 0.166 e. The van der Waals surface area contributed by atoms with Crippen LogP contribution in [0.5, 0.6) is 11.5 Å². The Labute approximate surface area is 145 Å². The number of methoxy groups -OCH3 is 1. The lowest BCUT2D eigenvalue weighted by Gasteiger charge is -2.16. The van der Waals surface area contributed by atoms with Gasteiger partial charge in [-0.1, -0.05) is 55.8 Å². The Kier molecular flexibility index (Phi) is 7.93. The molecule has 0 aliphatic carbocycles. The van der Waals surface area contributed by atoms with Crippen LogP contribution < -0.4 is 14.8 Å². The molecule has 23 heavy (non-hydrogen) atoms. The lowest BCUT2D eigenvalue weighted by molar-refractivity contribution is 0.280. The van der Waals surface area contributed by atoms with Crippen molar-refractivity contribution in [2.75, 3.05) is 7.11 Å². The van der Waals surface area contributed by atoms with Crippen LogP contribution >= 0.6 is 12.4 Å². The lowest BCUT2D eigenvalue weighted by Crippen LogP contribution is -2.22. The fourth-order valence-corrected chi connectivity index (χ4v) is 2.18. The highest BCUT2D eigenvalue weighted by atomic mass is 35.5. The van der Waals surface area contributed by atoms with Crippen molar-refractivity contribution in [1.29, 1.82) is 0 Å². The molecule has 0 unspecified atom stereocenters. The lowest BCUT2D eigenvalue weighted by atomic mass is 10.1. The number of hydrogen-bond acceptors (Lipinski definition) is 3. The minimum absolute atomic E-state index is 0. The van der Waals surface area contributed by atoms with Crippen molar-refractivity contribution in [1.82, 2.24) is 5.32 Å². The molecule has 0 amide bonds. The van der Waals surface area contributed by atoms with E-state index in [1.54, 1.807) is 7.11 Å². The average Bonchev–Trinajstić information content (AvgIpc) is 2.52. The van der Waals surface area contributed by atoms with Crippen LogP contribution in [0.2, 0.25) is 0 Å². The monoisotopic (exact) mass is 335 g/mol. The Hall–Kier alpha value is -1.71. The summed E-state index contributed by atoms with van der Waals surface area (Å²) in [6.45, 7) is 7.65. The van der Waals surface area contributed by atoms with Crippen molar-refractivity contribution in [3.63, 3.8) is 0 Å². The zero-order valence-corrected chi connectivity index (χ0v) is 15.1. The highest BCUT2D eigenvalue weighted by Gasteiger charge is 2.11. The molecule has 0 bridgehead atoms. The van der Waals surface area contributed by atoms with Crippen LogP contribution in [0.3, 0.4) is 0 Å². The van der Waals surface area contributed by atoms with Crippen LogP contribution in [0.25, 0.3) is 0 Å². The van der Waals surface area contributed by atoms with Crippen LogP contribution in [0.15, 0.2) is 42.5 Å². The summed E-state index contributed by atoms with van der Waals surface area (Å²) in [4.78, 5) is 0. The van der Waals surface area contributed by atoms with E-state index in [1.165, 1.54) is 5.56 Å². The normalized spacial score (nSPS) is 10.3. The zero-order chi connectivity index (χ0) is 15.9. The van der Waals surface area contributed by atoms with Crippen LogP contribution in [0.1, 0.15) is 30.5 Å². The summed E-state index contributed by atoms with van der Waals surface area (Å²) in [6.07, 6.45) is 0. The standard InChI is InChI=1S/C19H25NO2.ClH/c1-14(2)20-12-17-6-5-7-18(21-4)19(17)22-13-16-10-8-15(3)9-11-16;/h5-11,14,20H,12-13H2,1-4H3;1H. The molecule has 0 atom stereocenters. The summed E-state index contributed by atoms with van der Waals surface area (Å²) in [5, 5.41) is 3.42. The first kappa shape index (κ1) is 19.3. The molecule has 2 aromatic rings. The maximum absolute atomic E-state index is 6.05. The SMILES string of the molecule is COc1cccc(CNC(C)C)c1OCc1ccc(C)cc1.Cl. The van der Waals surface area contributed by atoms with Gasteiger partial charge in [0, 0.05) is 18.2 Å². The Morgan fingerprint density at radius 3 is 2.35 bits per heavy atom. The summed E-state index contributed by atoms with van der Waals surface area (Å²) in [6, 6.07) is 14.8. The summed E-state index contributed by atoms with van der Waals surface area (Å²) in [7, 11) is 1.67. The Morgan fingerprint density at radius 1 is 1.04 bits per heavy atom. The van der Waals surface area contributed by atoms with Crippen molar-refractivity contribution >= 4 is 12.4 Å². The third-order valence-electron chi connectivity index (χ3n) is 3.48. The van der Waals surface area contributed by atoms with Crippen LogP contribution in [0, 0.1) is 6.92 Å². The Bertz CT molecular complexity index is 597. The number of ether oxygens (including phenoxy) is 2. The van der Waals surface area contributed by atoms with Gasteiger partial charge in [0.15, 0.2) is 11.5 Å². The van der Waals surface area contributed by atoms with E-state index < -0.39 is 0 Å². The van der Waals surface area contributed by atoms with E-state index in [0.29, 0.717) is 12.6 Å². The van der Waals surface area contributed by atoms with E-state index in [2.05, 4.69) is 56.4 Å². The smallest absolute Gasteiger partial charge is 0.166 e. The van der Waals surface area contributed by atoms with Gasteiger partial charge in [-0.15, -0.1) is 12.4 Å². The molecule has 1 N–H and O–H groups in total. The molecular formula is C19H26ClNO2. The fraction of sp³-hybridized carbons (Fsp3) is 0.368. The zero-order valence-electron chi connectivity index (χ0n) is 14.3. The van der Waals surface area contributed by atoms with E-state index in [9.17, 15) is 0 Å². The Morgan fingerprint density at radius 2 is 1.74 bits per heavy atom. The molecule has 126 valence electrons. The van der Waals surface area contributed by atoms with Crippen molar-refractivity contribution in [2.45, 2.75) is 40.0 Å². The fourth-order valence-electron chi connectivity index (χ4n) is 2.18. The second kappa shape index (κ2) is 9.43. The van der Waals surface area contributed by atoms with Crippen molar-refractivity contribution in [2.24, 2.45) is 0 Å². The summed E-state index contributed by atoms with van der Waals surface area (Å²) in [5.74, 6) is 1.59. The second-order valence-electron chi connectivity index (χ2n) is 5.76. The van der Waals surface area contributed by atoms with E-state index in [1.807, 2.05) is 12.1 Å². The van der Waals surface area contributed by atoms with Gasteiger partial charge >= 0.3 is 0 Å². The minimum atomic E-state index is 0. The first-order valence-electron chi connectivity index (χ1n) is 7.67. The van der Waals surface area contributed by atoms with E-state index in [4.69, 9.17) is 9.47 Å². The van der Waals surface area contributed by atoms with Gasteiger partial charge in [-0.2, -0.15) is 0 Å². The van der Waals surface area contributed by atoms with Crippen LogP contribution in [-0.2, 0) is 13.2 Å². The number of rotatable bonds is 7. The van der Waals surface area contributed by atoms with Gasteiger partial charge in [0.25, 0.3) is 0 Å². The number of halogens is 1. The number of para-hydroxylation sites is 1. The first-order chi connectivity index (χ1) is 10.6. The van der Waals surface area contributed by atoms with E-state index >= 15 is 0 Å². The topological polar surface area (TPSA) is 30.5 Å². The molecule has 4 heteroatoms. The molecule has 0 spiro atoms. The summed E-state index contributed by atoms with van der Waals surface area (Å²) < 4.78 is 11.5. The van der Waals surface area contributed by atoms with Gasteiger partial charge in [0.1, 0.15) is 6.61 Å². The quantitative estimate of drug-likeness (QED) is 0.808. The number of benzene rings is 2. The number of aryl methyl sites for hydroxylation is 1. The third-order valence-corrected chi connectivity index (χ3v) is 3.48. The Balaban J connectivity index is 0.00000264. The molecule has 0 aromatic heterocycles. The minimum Gasteiger partial charge on any atom is -0.493 e. The number of nitrogens with one attached hydrogen (secondary N) is 1. The van der Waals surface area contributed by atoms with Gasteiger partial charge in [0.2, 0.25) is 0 Å². The van der Waals surface area contributed by atoms with Gasteiger partial charge in [-0.3, -0.25) is 0 Å². The molecule has 2 rings (SSSR count). The van der Waals surface area contributed by atoms with Crippen LogP contribution in [0.4, 0.5) is 0 Å². The predicted octanol–water partition coefficient (Wildman–Crippen LogP) is 4.50.